The first-order chi connectivity index (χ1) is 3.92. The minimum atomic E-state index is -4.08. The number of rotatable bonds is 2. The molecule has 0 heterocycles. The van der Waals surface area contributed by atoms with Gasteiger partial charge in [0.05, 0.1) is 6.54 Å². The Kier molecular flexibility index (Phi) is 2.97. The molecule has 0 saturated carbocycles. The molecule has 0 spiro atoms. The van der Waals surface area contributed by atoms with Crippen LogP contribution >= 0.6 is 0 Å². The fourth-order valence-corrected chi connectivity index (χ4v) is 0.320. The second-order valence-electron chi connectivity index (χ2n) is 2.15. The molecular formula is C5H10F3N. The molecule has 0 amide bonds. The highest BCUT2D eigenvalue weighted by Gasteiger charge is 2.26. The van der Waals surface area contributed by atoms with Crippen LogP contribution in [0.2, 0.25) is 0 Å². The van der Waals surface area contributed by atoms with Gasteiger partial charge in [-0.3, -0.25) is 0 Å². The summed E-state index contributed by atoms with van der Waals surface area (Å²) in [6, 6.07) is -0.105. The highest BCUT2D eigenvalue weighted by molar-refractivity contribution is 4.58. The largest absolute Gasteiger partial charge is 0.401 e. The molecule has 9 heavy (non-hydrogen) atoms. The van der Waals surface area contributed by atoms with Crippen LogP contribution in [0, 0.1) is 0 Å². The van der Waals surface area contributed by atoms with Gasteiger partial charge in [-0.05, 0) is 0 Å². The summed E-state index contributed by atoms with van der Waals surface area (Å²) in [7, 11) is 0. The van der Waals surface area contributed by atoms with E-state index in [1.54, 1.807) is 13.8 Å². The maximum atomic E-state index is 11.4. The number of hydrogen-bond acceptors (Lipinski definition) is 1. The van der Waals surface area contributed by atoms with Crippen LogP contribution in [0.5, 0.6) is 0 Å². The van der Waals surface area contributed by atoms with Gasteiger partial charge >= 0.3 is 6.18 Å². The van der Waals surface area contributed by atoms with Crippen LogP contribution in [0.15, 0.2) is 0 Å². The van der Waals surface area contributed by atoms with E-state index in [1.807, 2.05) is 0 Å². The Morgan fingerprint density at radius 1 is 1.33 bits per heavy atom. The van der Waals surface area contributed by atoms with E-state index < -0.39 is 12.7 Å². The first-order valence-electron chi connectivity index (χ1n) is 2.72. The molecule has 56 valence electrons. The second-order valence-corrected chi connectivity index (χ2v) is 2.15. The molecule has 0 atom stereocenters. The maximum Gasteiger partial charge on any atom is 0.401 e. The predicted molar refractivity (Wildman–Crippen MR) is 29.2 cm³/mol. The van der Waals surface area contributed by atoms with Crippen LogP contribution in [0.25, 0.3) is 0 Å². The van der Waals surface area contributed by atoms with Crippen LogP contribution in [0.1, 0.15) is 13.8 Å². The van der Waals surface area contributed by atoms with Gasteiger partial charge in [-0.1, -0.05) is 13.8 Å². The fraction of sp³-hybridized carbons (Fsp3) is 1.00. The van der Waals surface area contributed by atoms with Gasteiger partial charge in [0.25, 0.3) is 0 Å². The van der Waals surface area contributed by atoms with Crippen molar-refractivity contribution in [3.8, 4) is 0 Å². The van der Waals surface area contributed by atoms with Gasteiger partial charge in [0.2, 0.25) is 0 Å². The van der Waals surface area contributed by atoms with Gasteiger partial charge in [-0.25, -0.2) is 0 Å². The Balaban J connectivity index is 3.28. The van der Waals surface area contributed by atoms with E-state index in [0.717, 1.165) is 0 Å². The molecule has 0 aromatic heterocycles. The summed E-state index contributed by atoms with van der Waals surface area (Å²) < 4.78 is 34.1. The first-order valence-corrected chi connectivity index (χ1v) is 2.72. The Bertz CT molecular complexity index is 76.8. The predicted octanol–water partition coefficient (Wildman–Crippen LogP) is 1.55. The Morgan fingerprint density at radius 2 is 1.78 bits per heavy atom. The molecule has 0 radical (unpaired) electrons. The number of halogens is 3. The third-order valence-corrected chi connectivity index (χ3v) is 0.711. The summed E-state index contributed by atoms with van der Waals surface area (Å²) in [5.41, 5.74) is 0. The van der Waals surface area contributed by atoms with Crippen LogP contribution in [-0.2, 0) is 0 Å². The van der Waals surface area contributed by atoms with Crippen LogP contribution in [-0.4, -0.2) is 18.8 Å². The van der Waals surface area contributed by atoms with E-state index in [9.17, 15) is 13.2 Å². The summed E-state index contributed by atoms with van der Waals surface area (Å²) in [6.45, 7) is 2.45. The van der Waals surface area contributed by atoms with E-state index in [1.165, 1.54) is 0 Å². The van der Waals surface area contributed by atoms with Crippen LogP contribution in [0.4, 0.5) is 13.2 Å². The molecule has 0 bridgehead atoms. The lowest BCUT2D eigenvalue weighted by atomic mass is 10.4. The van der Waals surface area contributed by atoms with E-state index in [0.29, 0.717) is 0 Å². The van der Waals surface area contributed by atoms with E-state index in [2.05, 4.69) is 5.32 Å². The van der Waals surface area contributed by atoms with Crippen molar-refractivity contribution in [2.75, 3.05) is 6.54 Å². The maximum absolute atomic E-state index is 11.4. The first kappa shape index (κ1) is 8.75. The van der Waals surface area contributed by atoms with Crippen molar-refractivity contribution in [1.82, 2.24) is 5.32 Å². The lowest BCUT2D eigenvalue weighted by molar-refractivity contribution is -0.125. The Labute approximate surface area is 52.2 Å². The monoisotopic (exact) mass is 141 g/mol. The topological polar surface area (TPSA) is 12.0 Å². The molecule has 0 aliphatic carbocycles. The average molecular weight is 141 g/mol. The molecule has 0 aromatic carbocycles. The van der Waals surface area contributed by atoms with Gasteiger partial charge in [0.15, 0.2) is 0 Å². The van der Waals surface area contributed by atoms with Crippen molar-refractivity contribution in [3.63, 3.8) is 0 Å². The van der Waals surface area contributed by atoms with E-state index in [-0.39, 0.29) is 6.04 Å². The molecule has 0 rings (SSSR count). The van der Waals surface area contributed by atoms with Crippen molar-refractivity contribution in [2.24, 2.45) is 0 Å². The van der Waals surface area contributed by atoms with Gasteiger partial charge in [-0.15, -0.1) is 0 Å². The standard InChI is InChI=1S/C5H10F3N/c1-4(2)9-3-5(6,7)8/h4,9H,3H2,1-2H3. The summed E-state index contributed by atoms with van der Waals surface area (Å²) in [5.74, 6) is 0. The second kappa shape index (κ2) is 3.06. The molecule has 0 aromatic rings. The zero-order valence-electron chi connectivity index (χ0n) is 5.42. The third-order valence-electron chi connectivity index (χ3n) is 0.711. The van der Waals surface area contributed by atoms with Crippen molar-refractivity contribution >= 4 is 0 Å². The SMILES string of the molecule is CC(C)NCC(F)(F)F. The molecule has 0 aliphatic rings. The Morgan fingerprint density at radius 3 is 1.89 bits per heavy atom. The van der Waals surface area contributed by atoms with Gasteiger partial charge < -0.3 is 5.32 Å². The van der Waals surface area contributed by atoms with Gasteiger partial charge in [-0.2, -0.15) is 13.2 Å². The van der Waals surface area contributed by atoms with Crippen LogP contribution in [0.3, 0.4) is 0 Å². The molecule has 0 saturated heterocycles. The quantitative estimate of drug-likeness (QED) is 0.615. The van der Waals surface area contributed by atoms with E-state index >= 15 is 0 Å². The van der Waals surface area contributed by atoms with Gasteiger partial charge in [0.1, 0.15) is 0 Å². The minimum Gasteiger partial charge on any atom is -0.306 e. The van der Waals surface area contributed by atoms with Crippen molar-refractivity contribution in [2.45, 2.75) is 26.1 Å². The molecule has 0 aliphatic heterocycles. The summed E-state index contributed by atoms with van der Waals surface area (Å²) in [5, 5.41) is 2.26. The lowest BCUT2D eigenvalue weighted by Gasteiger charge is -2.09. The van der Waals surface area contributed by atoms with Crippen molar-refractivity contribution in [1.29, 1.82) is 0 Å². The molecule has 1 N–H and O–H groups in total. The summed E-state index contributed by atoms with van der Waals surface area (Å²) >= 11 is 0. The number of hydrogen-bond donors (Lipinski definition) is 1. The smallest absolute Gasteiger partial charge is 0.306 e. The molecule has 4 heteroatoms. The zero-order chi connectivity index (χ0) is 7.49. The minimum absolute atomic E-state index is 0.105. The molecular weight excluding hydrogens is 131 g/mol. The van der Waals surface area contributed by atoms with Crippen molar-refractivity contribution < 1.29 is 13.2 Å². The molecule has 0 unspecified atom stereocenters. The normalized spacial score (nSPS) is 12.7. The van der Waals surface area contributed by atoms with Gasteiger partial charge in [0, 0.05) is 6.04 Å². The number of alkyl halides is 3. The van der Waals surface area contributed by atoms with E-state index in [4.69, 9.17) is 0 Å². The summed E-state index contributed by atoms with van der Waals surface area (Å²) in [6.07, 6.45) is -4.08. The highest BCUT2D eigenvalue weighted by Crippen LogP contribution is 2.12. The third kappa shape index (κ3) is 7.75. The zero-order valence-corrected chi connectivity index (χ0v) is 5.42. The molecule has 0 fully saturated rings. The highest BCUT2D eigenvalue weighted by atomic mass is 19.4. The summed E-state index contributed by atoms with van der Waals surface area (Å²) in [4.78, 5) is 0. The van der Waals surface area contributed by atoms with Crippen LogP contribution < -0.4 is 5.32 Å². The fourth-order valence-electron chi connectivity index (χ4n) is 0.320. The Hall–Kier alpha value is -0.250. The lowest BCUT2D eigenvalue weighted by Crippen LogP contribution is -2.33. The molecule has 1 nitrogen and oxygen atoms in total. The number of nitrogens with one attached hydrogen (secondary N) is 1. The average Bonchev–Trinajstić information content (AvgIpc) is 1.59. The van der Waals surface area contributed by atoms with Crippen molar-refractivity contribution in [3.05, 3.63) is 0 Å².